The summed E-state index contributed by atoms with van der Waals surface area (Å²) in [4.78, 5) is 11.6. The first-order chi connectivity index (χ1) is 7.53. The highest BCUT2D eigenvalue weighted by molar-refractivity contribution is 6.17. The lowest BCUT2D eigenvalue weighted by molar-refractivity contribution is -0.123. The third-order valence-electron chi connectivity index (χ3n) is 2.97. The maximum Gasteiger partial charge on any atom is 0.222 e. The van der Waals surface area contributed by atoms with E-state index in [1.165, 1.54) is 0 Å². The summed E-state index contributed by atoms with van der Waals surface area (Å²) in [6.45, 7) is 5.71. The van der Waals surface area contributed by atoms with Crippen molar-refractivity contribution in [1.82, 2.24) is 5.32 Å². The predicted octanol–water partition coefficient (Wildman–Crippen LogP) is 2.33. The summed E-state index contributed by atoms with van der Waals surface area (Å²) in [7, 11) is 0. The molecule has 0 aliphatic carbocycles. The largest absolute Gasteiger partial charge is 0.378 e. The van der Waals surface area contributed by atoms with Gasteiger partial charge in [-0.1, -0.05) is 13.8 Å². The molecule has 0 radical (unpaired) electrons. The fourth-order valence-electron chi connectivity index (χ4n) is 1.77. The van der Waals surface area contributed by atoms with Gasteiger partial charge in [0.25, 0.3) is 0 Å². The number of nitrogens with one attached hydrogen (secondary N) is 1. The molecule has 16 heavy (non-hydrogen) atoms. The Morgan fingerprint density at radius 3 is 2.88 bits per heavy atom. The zero-order valence-electron chi connectivity index (χ0n) is 10.2. The number of amides is 1. The lowest BCUT2D eigenvalue weighted by atomic mass is 9.90. The van der Waals surface area contributed by atoms with Crippen LogP contribution in [0.2, 0.25) is 0 Å². The Labute approximate surface area is 103 Å². The van der Waals surface area contributed by atoms with E-state index in [0.29, 0.717) is 18.8 Å². The van der Waals surface area contributed by atoms with Crippen molar-refractivity contribution in [2.24, 2.45) is 5.41 Å². The van der Waals surface area contributed by atoms with E-state index in [1.807, 2.05) is 0 Å². The van der Waals surface area contributed by atoms with Crippen LogP contribution >= 0.6 is 11.6 Å². The summed E-state index contributed by atoms with van der Waals surface area (Å²) in [6, 6.07) is 0. The van der Waals surface area contributed by atoms with Gasteiger partial charge in [-0.2, -0.15) is 0 Å². The molecule has 0 bridgehead atoms. The van der Waals surface area contributed by atoms with Crippen LogP contribution in [-0.4, -0.2) is 31.0 Å². The average molecular weight is 248 g/mol. The lowest BCUT2D eigenvalue weighted by Gasteiger charge is -2.24. The number of rotatable bonds is 6. The summed E-state index contributed by atoms with van der Waals surface area (Å²) >= 11 is 5.71. The Bertz CT molecular complexity index is 225. The Balaban J connectivity index is 2.18. The third kappa shape index (κ3) is 5.17. The first-order valence-corrected chi connectivity index (χ1v) is 6.51. The normalized spacial score (nSPS) is 21.1. The van der Waals surface area contributed by atoms with Gasteiger partial charge in [-0.05, 0) is 24.7 Å². The SMILES string of the molecule is CC(C)(CCCl)CNC(=O)CC1CCCO1. The number of alkyl halides is 1. The van der Waals surface area contributed by atoms with Crippen molar-refractivity contribution in [1.29, 1.82) is 0 Å². The van der Waals surface area contributed by atoms with Gasteiger partial charge in [0, 0.05) is 19.0 Å². The minimum atomic E-state index is 0.0773. The highest BCUT2D eigenvalue weighted by Crippen LogP contribution is 2.20. The van der Waals surface area contributed by atoms with E-state index in [1.54, 1.807) is 0 Å². The van der Waals surface area contributed by atoms with Crippen molar-refractivity contribution in [3.63, 3.8) is 0 Å². The predicted molar refractivity (Wildman–Crippen MR) is 65.7 cm³/mol. The molecule has 1 fully saturated rings. The molecule has 1 amide bonds. The van der Waals surface area contributed by atoms with Crippen molar-refractivity contribution in [3.8, 4) is 0 Å². The van der Waals surface area contributed by atoms with Gasteiger partial charge in [0.05, 0.1) is 12.5 Å². The molecule has 0 spiro atoms. The van der Waals surface area contributed by atoms with E-state index in [4.69, 9.17) is 16.3 Å². The second-order valence-electron chi connectivity index (χ2n) is 5.22. The fourth-order valence-corrected chi connectivity index (χ4v) is 2.28. The third-order valence-corrected chi connectivity index (χ3v) is 3.16. The number of carbonyl (C=O) groups excluding carboxylic acids is 1. The molecular weight excluding hydrogens is 226 g/mol. The summed E-state index contributed by atoms with van der Waals surface area (Å²) in [5, 5.41) is 2.96. The van der Waals surface area contributed by atoms with Gasteiger partial charge < -0.3 is 10.1 Å². The molecule has 94 valence electrons. The minimum Gasteiger partial charge on any atom is -0.378 e. The standard InChI is InChI=1S/C12H22ClNO2/c1-12(2,5-6-13)9-14-11(15)8-10-4-3-7-16-10/h10H,3-9H2,1-2H3,(H,14,15). The van der Waals surface area contributed by atoms with Gasteiger partial charge in [-0.15, -0.1) is 11.6 Å². The fraction of sp³-hybridized carbons (Fsp3) is 0.917. The van der Waals surface area contributed by atoms with Crippen molar-refractivity contribution in [2.45, 2.75) is 45.6 Å². The van der Waals surface area contributed by atoms with Crippen LogP contribution in [0.15, 0.2) is 0 Å². The molecular formula is C12H22ClNO2. The lowest BCUT2D eigenvalue weighted by Crippen LogP contribution is -2.35. The highest BCUT2D eigenvalue weighted by Gasteiger charge is 2.21. The van der Waals surface area contributed by atoms with Crippen molar-refractivity contribution < 1.29 is 9.53 Å². The summed E-state index contributed by atoms with van der Waals surface area (Å²) in [6.07, 6.45) is 3.64. The maximum atomic E-state index is 11.6. The molecule has 1 heterocycles. The number of hydrogen-bond acceptors (Lipinski definition) is 2. The molecule has 1 saturated heterocycles. The Kier molecular flexibility index (Phi) is 5.56. The second kappa shape index (κ2) is 6.45. The molecule has 0 saturated carbocycles. The molecule has 1 rings (SSSR count). The molecule has 3 nitrogen and oxygen atoms in total. The maximum absolute atomic E-state index is 11.6. The number of carbonyl (C=O) groups is 1. The van der Waals surface area contributed by atoms with E-state index >= 15 is 0 Å². The van der Waals surface area contributed by atoms with Crippen LogP contribution in [0.3, 0.4) is 0 Å². The highest BCUT2D eigenvalue weighted by atomic mass is 35.5. The van der Waals surface area contributed by atoms with Crippen LogP contribution in [0.5, 0.6) is 0 Å². The first kappa shape index (κ1) is 13.8. The van der Waals surface area contributed by atoms with Crippen molar-refractivity contribution in [2.75, 3.05) is 19.0 Å². The molecule has 1 aliphatic heterocycles. The monoisotopic (exact) mass is 247 g/mol. The molecule has 1 unspecified atom stereocenters. The number of ether oxygens (including phenoxy) is 1. The van der Waals surface area contributed by atoms with Gasteiger partial charge in [0.15, 0.2) is 0 Å². The first-order valence-electron chi connectivity index (χ1n) is 5.98. The van der Waals surface area contributed by atoms with Crippen LogP contribution in [-0.2, 0) is 9.53 Å². The average Bonchev–Trinajstić information content (AvgIpc) is 2.68. The van der Waals surface area contributed by atoms with E-state index in [9.17, 15) is 4.79 Å². The van der Waals surface area contributed by atoms with Gasteiger partial charge in [0.1, 0.15) is 0 Å². The smallest absolute Gasteiger partial charge is 0.222 e. The zero-order chi connectivity index (χ0) is 12.0. The van der Waals surface area contributed by atoms with Crippen LogP contribution in [0, 0.1) is 5.41 Å². The Hall–Kier alpha value is -0.280. The quantitative estimate of drug-likeness (QED) is 0.732. The van der Waals surface area contributed by atoms with E-state index < -0.39 is 0 Å². The second-order valence-corrected chi connectivity index (χ2v) is 5.60. The molecule has 0 aromatic carbocycles. The minimum absolute atomic E-state index is 0.0773. The Morgan fingerprint density at radius 2 is 2.31 bits per heavy atom. The number of hydrogen-bond donors (Lipinski definition) is 1. The zero-order valence-corrected chi connectivity index (χ0v) is 11.0. The van der Waals surface area contributed by atoms with Crippen LogP contribution < -0.4 is 5.32 Å². The van der Waals surface area contributed by atoms with Crippen molar-refractivity contribution in [3.05, 3.63) is 0 Å². The van der Waals surface area contributed by atoms with E-state index in [0.717, 1.165) is 25.9 Å². The molecule has 1 aliphatic rings. The van der Waals surface area contributed by atoms with E-state index in [2.05, 4.69) is 19.2 Å². The topological polar surface area (TPSA) is 38.3 Å². The van der Waals surface area contributed by atoms with Crippen LogP contribution in [0.4, 0.5) is 0 Å². The van der Waals surface area contributed by atoms with Gasteiger partial charge in [0.2, 0.25) is 5.91 Å². The van der Waals surface area contributed by atoms with E-state index in [-0.39, 0.29) is 17.4 Å². The van der Waals surface area contributed by atoms with Crippen LogP contribution in [0.1, 0.15) is 39.5 Å². The van der Waals surface area contributed by atoms with Gasteiger partial charge >= 0.3 is 0 Å². The molecule has 1 N–H and O–H groups in total. The summed E-state index contributed by atoms with van der Waals surface area (Å²) in [5.74, 6) is 0.726. The van der Waals surface area contributed by atoms with Crippen LogP contribution in [0.25, 0.3) is 0 Å². The summed E-state index contributed by atoms with van der Waals surface area (Å²) < 4.78 is 5.42. The Morgan fingerprint density at radius 1 is 1.56 bits per heavy atom. The molecule has 1 atom stereocenters. The summed E-state index contributed by atoms with van der Waals surface area (Å²) in [5.41, 5.74) is 0.0773. The molecule has 0 aromatic heterocycles. The van der Waals surface area contributed by atoms with Gasteiger partial charge in [-0.25, -0.2) is 0 Å². The molecule has 0 aromatic rings. The van der Waals surface area contributed by atoms with Crippen molar-refractivity contribution >= 4 is 17.5 Å². The van der Waals surface area contributed by atoms with Gasteiger partial charge in [-0.3, -0.25) is 4.79 Å². The number of halogens is 1. The molecule has 4 heteroatoms.